The van der Waals surface area contributed by atoms with E-state index in [2.05, 4.69) is 15.6 Å². The van der Waals surface area contributed by atoms with Crippen molar-refractivity contribution >= 4 is 11.0 Å². The second-order valence-electron chi connectivity index (χ2n) is 3.67. The number of aryl methyl sites for hydroxylation is 1. The van der Waals surface area contributed by atoms with Crippen LogP contribution in [0.4, 0.5) is 0 Å². The summed E-state index contributed by atoms with van der Waals surface area (Å²) in [6.07, 6.45) is 3.50. The highest BCUT2D eigenvalue weighted by molar-refractivity contribution is 5.74. The minimum absolute atomic E-state index is 0.496. The highest BCUT2D eigenvalue weighted by atomic mass is 16.6. The van der Waals surface area contributed by atoms with Gasteiger partial charge in [-0.15, -0.1) is 0 Å². The third-order valence-electron chi connectivity index (χ3n) is 2.62. The molecule has 72 valence electrons. The van der Waals surface area contributed by atoms with Crippen molar-refractivity contribution in [2.45, 2.75) is 19.1 Å². The van der Waals surface area contributed by atoms with Crippen LogP contribution in [0.15, 0.2) is 30.6 Å². The first kappa shape index (κ1) is 8.00. The van der Waals surface area contributed by atoms with Crippen molar-refractivity contribution in [2.75, 3.05) is 6.61 Å². The van der Waals surface area contributed by atoms with Gasteiger partial charge in [-0.3, -0.25) is 0 Å². The van der Waals surface area contributed by atoms with Gasteiger partial charge >= 0.3 is 0 Å². The van der Waals surface area contributed by atoms with Crippen LogP contribution in [-0.4, -0.2) is 22.3 Å². The molecule has 0 aliphatic carbocycles. The molecule has 1 atom stereocenters. The molecular weight excluding hydrogens is 176 g/mol. The maximum atomic E-state index is 5.19. The maximum Gasteiger partial charge on any atom is 0.0958 e. The summed E-state index contributed by atoms with van der Waals surface area (Å²) in [7, 11) is 0. The van der Waals surface area contributed by atoms with Crippen molar-refractivity contribution in [1.82, 2.24) is 9.55 Å². The molecule has 14 heavy (non-hydrogen) atoms. The van der Waals surface area contributed by atoms with Crippen molar-refractivity contribution in [1.29, 1.82) is 0 Å². The monoisotopic (exact) mass is 188 g/mol. The van der Waals surface area contributed by atoms with E-state index in [9.17, 15) is 0 Å². The normalized spacial score (nSPS) is 20.1. The summed E-state index contributed by atoms with van der Waals surface area (Å²) in [5.41, 5.74) is 2.29. The zero-order valence-corrected chi connectivity index (χ0v) is 7.89. The van der Waals surface area contributed by atoms with E-state index < -0.39 is 0 Å². The van der Waals surface area contributed by atoms with Gasteiger partial charge in [-0.25, -0.2) is 4.98 Å². The Morgan fingerprint density at radius 3 is 3.14 bits per heavy atom. The fourth-order valence-corrected chi connectivity index (χ4v) is 1.71. The van der Waals surface area contributed by atoms with E-state index >= 15 is 0 Å². The number of benzene rings is 1. The molecule has 1 aromatic carbocycles. The van der Waals surface area contributed by atoms with Gasteiger partial charge in [0.25, 0.3) is 0 Å². The zero-order valence-electron chi connectivity index (χ0n) is 7.89. The van der Waals surface area contributed by atoms with Crippen LogP contribution in [0.2, 0.25) is 0 Å². The van der Waals surface area contributed by atoms with Gasteiger partial charge in [-0.05, 0) is 18.6 Å². The molecule has 0 amide bonds. The molecule has 1 aromatic heterocycles. The van der Waals surface area contributed by atoms with Crippen molar-refractivity contribution in [3.05, 3.63) is 30.6 Å². The topological polar surface area (TPSA) is 30.4 Å². The SMILES string of the molecule is c1ccc2c(c1)ncn2CCC1CO1. The number of nitrogens with zero attached hydrogens (tertiary/aromatic N) is 2. The van der Waals surface area contributed by atoms with E-state index in [1.54, 1.807) is 0 Å². The average Bonchev–Trinajstić information content (AvgIpc) is 2.96. The molecule has 3 nitrogen and oxygen atoms in total. The molecule has 3 heteroatoms. The number of rotatable bonds is 3. The van der Waals surface area contributed by atoms with Gasteiger partial charge in [0.15, 0.2) is 0 Å². The smallest absolute Gasteiger partial charge is 0.0958 e. The number of aromatic nitrogens is 2. The molecule has 1 aliphatic heterocycles. The summed E-state index contributed by atoms with van der Waals surface area (Å²) < 4.78 is 7.38. The number of ether oxygens (including phenoxy) is 1. The van der Waals surface area contributed by atoms with Gasteiger partial charge in [0.1, 0.15) is 0 Å². The van der Waals surface area contributed by atoms with Crippen LogP contribution in [0.25, 0.3) is 11.0 Å². The molecule has 0 spiro atoms. The standard InChI is InChI=1S/C11H12N2O/c1-2-4-11-10(3-1)12-8-13(11)6-5-9-7-14-9/h1-4,8-9H,5-7H2. The third kappa shape index (κ3) is 1.40. The molecule has 1 unspecified atom stereocenters. The van der Waals surface area contributed by atoms with Gasteiger partial charge < -0.3 is 9.30 Å². The molecule has 0 saturated carbocycles. The van der Waals surface area contributed by atoms with Crippen LogP contribution in [0.1, 0.15) is 6.42 Å². The van der Waals surface area contributed by atoms with Crippen molar-refractivity contribution < 1.29 is 4.74 Å². The lowest BCUT2D eigenvalue weighted by Gasteiger charge is -2.01. The molecule has 0 bridgehead atoms. The van der Waals surface area contributed by atoms with Crippen LogP contribution in [0.5, 0.6) is 0 Å². The third-order valence-corrected chi connectivity index (χ3v) is 2.62. The Morgan fingerprint density at radius 2 is 2.29 bits per heavy atom. The van der Waals surface area contributed by atoms with Crippen LogP contribution in [0, 0.1) is 0 Å². The van der Waals surface area contributed by atoms with E-state index in [0.717, 1.165) is 25.1 Å². The number of imidazole rings is 1. The molecule has 2 aromatic rings. The Hall–Kier alpha value is -1.35. The van der Waals surface area contributed by atoms with Crippen molar-refractivity contribution in [3.8, 4) is 0 Å². The first-order valence-electron chi connectivity index (χ1n) is 4.95. The summed E-state index contributed by atoms with van der Waals surface area (Å²) in [6, 6.07) is 8.22. The Morgan fingerprint density at radius 1 is 1.43 bits per heavy atom. The first-order valence-corrected chi connectivity index (χ1v) is 4.95. The van der Waals surface area contributed by atoms with Crippen molar-refractivity contribution in [2.24, 2.45) is 0 Å². The molecule has 1 aliphatic rings. The Bertz CT molecular complexity index is 445. The maximum absolute atomic E-state index is 5.19. The van der Waals surface area contributed by atoms with E-state index in [1.807, 2.05) is 24.5 Å². The van der Waals surface area contributed by atoms with E-state index in [0.29, 0.717) is 6.10 Å². The fourth-order valence-electron chi connectivity index (χ4n) is 1.71. The predicted octanol–water partition coefficient (Wildman–Crippen LogP) is 1.83. The average molecular weight is 188 g/mol. The number of hydrogen-bond acceptors (Lipinski definition) is 2. The minimum atomic E-state index is 0.496. The second-order valence-corrected chi connectivity index (χ2v) is 3.67. The summed E-state index contributed by atoms with van der Waals surface area (Å²) in [5, 5.41) is 0. The fraction of sp³-hybridized carbons (Fsp3) is 0.364. The minimum Gasteiger partial charge on any atom is -0.373 e. The lowest BCUT2D eigenvalue weighted by molar-refractivity contribution is 0.386. The van der Waals surface area contributed by atoms with Gasteiger partial charge in [0.2, 0.25) is 0 Å². The number of epoxide rings is 1. The van der Waals surface area contributed by atoms with E-state index in [4.69, 9.17) is 4.74 Å². The molecule has 3 rings (SSSR count). The van der Waals surface area contributed by atoms with E-state index in [-0.39, 0.29) is 0 Å². The van der Waals surface area contributed by atoms with Crippen LogP contribution in [0.3, 0.4) is 0 Å². The summed E-state index contributed by atoms with van der Waals surface area (Å²) in [4.78, 5) is 4.34. The quantitative estimate of drug-likeness (QED) is 0.688. The van der Waals surface area contributed by atoms with Crippen LogP contribution in [-0.2, 0) is 11.3 Å². The van der Waals surface area contributed by atoms with Crippen molar-refractivity contribution in [3.63, 3.8) is 0 Å². The lowest BCUT2D eigenvalue weighted by atomic mass is 10.3. The molecule has 0 N–H and O–H groups in total. The van der Waals surface area contributed by atoms with Crippen LogP contribution < -0.4 is 0 Å². The largest absolute Gasteiger partial charge is 0.373 e. The Labute approximate surface area is 82.3 Å². The molecular formula is C11H12N2O. The Balaban J connectivity index is 1.87. The van der Waals surface area contributed by atoms with Gasteiger partial charge in [-0.1, -0.05) is 12.1 Å². The zero-order chi connectivity index (χ0) is 9.38. The number of hydrogen-bond donors (Lipinski definition) is 0. The second kappa shape index (κ2) is 3.10. The highest BCUT2D eigenvalue weighted by Crippen LogP contribution is 2.17. The number of para-hydroxylation sites is 2. The number of fused-ring (bicyclic) bond motifs is 1. The van der Waals surface area contributed by atoms with Gasteiger partial charge in [0, 0.05) is 6.54 Å². The first-order chi connectivity index (χ1) is 6.93. The Kier molecular flexibility index (Phi) is 1.77. The lowest BCUT2D eigenvalue weighted by Crippen LogP contribution is -1.99. The highest BCUT2D eigenvalue weighted by Gasteiger charge is 2.21. The molecule has 1 saturated heterocycles. The summed E-state index contributed by atoms with van der Waals surface area (Å²) >= 11 is 0. The molecule has 2 heterocycles. The van der Waals surface area contributed by atoms with E-state index in [1.165, 1.54) is 5.52 Å². The summed E-state index contributed by atoms with van der Waals surface area (Å²) in [6.45, 7) is 1.94. The predicted molar refractivity (Wildman–Crippen MR) is 54.1 cm³/mol. The molecule has 1 fully saturated rings. The molecule has 0 radical (unpaired) electrons. The van der Waals surface area contributed by atoms with Crippen LogP contribution >= 0.6 is 0 Å². The van der Waals surface area contributed by atoms with Gasteiger partial charge in [0.05, 0.1) is 30.1 Å². The summed E-state index contributed by atoms with van der Waals surface area (Å²) in [5.74, 6) is 0. The van der Waals surface area contributed by atoms with Gasteiger partial charge in [-0.2, -0.15) is 0 Å².